The Kier molecular flexibility index (Phi) is 3.82. The summed E-state index contributed by atoms with van der Waals surface area (Å²) in [4.78, 5) is 2.44. The van der Waals surface area contributed by atoms with Gasteiger partial charge in [0, 0.05) is 32.7 Å². The minimum atomic E-state index is -0.751. The van der Waals surface area contributed by atoms with Crippen molar-refractivity contribution in [3.8, 4) is 0 Å². The van der Waals surface area contributed by atoms with E-state index in [9.17, 15) is 5.11 Å². The molecule has 0 atom stereocenters. The first-order chi connectivity index (χ1) is 8.05. The molecule has 0 amide bonds. The van der Waals surface area contributed by atoms with Crippen molar-refractivity contribution in [3.63, 3.8) is 0 Å². The van der Waals surface area contributed by atoms with E-state index in [0.29, 0.717) is 0 Å². The summed E-state index contributed by atoms with van der Waals surface area (Å²) in [5, 5.41) is 13.4. The SMILES string of the molecule is CC(C)(O)c1cccc(CN2CCNCC2)c1. The van der Waals surface area contributed by atoms with Crippen LogP contribution in [-0.4, -0.2) is 36.2 Å². The molecule has 3 nitrogen and oxygen atoms in total. The van der Waals surface area contributed by atoms with Gasteiger partial charge in [-0.3, -0.25) is 4.90 Å². The Hall–Kier alpha value is -0.900. The molecule has 0 radical (unpaired) electrons. The van der Waals surface area contributed by atoms with Crippen LogP contribution >= 0.6 is 0 Å². The molecule has 1 aliphatic rings. The number of hydrogen-bond donors (Lipinski definition) is 2. The predicted octanol–water partition coefficient (Wildman–Crippen LogP) is 1.32. The Morgan fingerprint density at radius 3 is 2.65 bits per heavy atom. The molecular formula is C14H22N2O. The standard InChI is InChI=1S/C14H22N2O/c1-14(2,17)13-5-3-4-12(10-13)11-16-8-6-15-7-9-16/h3-5,10,15,17H,6-9,11H2,1-2H3. The van der Waals surface area contributed by atoms with Crippen molar-refractivity contribution < 1.29 is 5.11 Å². The van der Waals surface area contributed by atoms with E-state index in [2.05, 4.69) is 22.3 Å². The number of rotatable bonds is 3. The molecule has 0 aliphatic carbocycles. The molecule has 1 aliphatic heterocycles. The van der Waals surface area contributed by atoms with E-state index >= 15 is 0 Å². The first-order valence-electron chi connectivity index (χ1n) is 6.30. The number of benzene rings is 1. The lowest BCUT2D eigenvalue weighted by molar-refractivity contribution is 0.0784. The molecule has 0 aromatic heterocycles. The van der Waals surface area contributed by atoms with E-state index in [4.69, 9.17) is 0 Å². The van der Waals surface area contributed by atoms with Gasteiger partial charge in [0.1, 0.15) is 0 Å². The van der Waals surface area contributed by atoms with Gasteiger partial charge in [-0.25, -0.2) is 0 Å². The summed E-state index contributed by atoms with van der Waals surface area (Å²) in [6.07, 6.45) is 0. The van der Waals surface area contributed by atoms with Crippen LogP contribution in [0.15, 0.2) is 24.3 Å². The van der Waals surface area contributed by atoms with Crippen LogP contribution in [0.3, 0.4) is 0 Å². The van der Waals surface area contributed by atoms with Crippen molar-refractivity contribution in [3.05, 3.63) is 35.4 Å². The fourth-order valence-electron chi connectivity index (χ4n) is 2.18. The highest BCUT2D eigenvalue weighted by molar-refractivity contribution is 5.27. The van der Waals surface area contributed by atoms with Crippen molar-refractivity contribution in [2.75, 3.05) is 26.2 Å². The second-order valence-corrected chi connectivity index (χ2v) is 5.29. The number of aliphatic hydroxyl groups is 1. The average molecular weight is 234 g/mol. The van der Waals surface area contributed by atoms with Gasteiger partial charge in [0.2, 0.25) is 0 Å². The first kappa shape index (κ1) is 12.6. The van der Waals surface area contributed by atoms with Gasteiger partial charge in [-0.1, -0.05) is 24.3 Å². The lowest BCUT2D eigenvalue weighted by Gasteiger charge is -2.27. The summed E-state index contributed by atoms with van der Waals surface area (Å²) in [6, 6.07) is 8.27. The molecule has 0 unspecified atom stereocenters. The molecule has 3 heteroatoms. The maximum absolute atomic E-state index is 10.00. The Labute approximate surface area is 103 Å². The molecule has 1 saturated heterocycles. The molecule has 2 rings (SSSR count). The fraction of sp³-hybridized carbons (Fsp3) is 0.571. The van der Waals surface area contributed by atoms with Gasteiger partial charge in [-0.15, -0.1) is 0 Å². The number of piperazine rings is 1. The van der Waals surface area contributed by atoms with Crippen LogP contribution in [-0.2, 0) is 12.1 Å². The van der Waals surface area contributed by atoms with Crippen molar-refractivity contribution in [1.29, 1.82) is 0 Å². The molecule has 1 aromatic carbocycles. The third-order valence-corrected chi connectivity index (χ3v) is 3.25. The van der Waals surface area contributed by atoms with Gasteiger partial charge in [0.15, 0.2) is 0 Å². The highest BCUT2D eigenvalue weighted by Crippen LogP contribution is 2.21. The normalized spacial score (nSPS) is 18.3. The van der Waals surface area contributed by atoms with Gasteiger partial charge in [-0.2, -0.15) is 0 Å². The molecule has 0 spiro atoms. The second kappa shape index (κ2) is 5.17. The zero-order valence-electron chi connectivity index (χ0n) is 10.7. The van der Waals surface area contributed by atoms with Crippen LogP contribution in [0.25, 0.3) is 0 Å². The van der Waals surface area contributed by atoms with Crippen molar-refractivity contribution in [1.82, 2.24) is 10.2 Å². The molecule has 0 bridgehead atoms. The smallest absolute Gasteiger partial charge is 0.0840 e. The third-order valence-electron chi connectivity index (χ3n) is 3.25. The Morgan fingerprint density at radius 2 is 2.00 bits per heavy atom. The summed E-state index contributed by atoms with van der Waals surface area (Å²) in [5.41, 5.74) is 1.52. The third kappa shape index (κ3) is 3.53. The summed E-state index contributed by atoms with van der Waals surface area (Å²) in [6.45, 7) is 9.00. The molecule has 1 aromatic rings. The molecule has 1 fully saturated rings. The monoisotopic (exact) mass is 234 g/mol. The van der Waals surface area contributed by atoms with Crippen LogP contribution < -0.4 is 5.32 Å². The van der Waals surface area contributed by atoms with Gasteiger partial charge >= 0.3 is 0 Å². The van der Waals surface area contributed by atoms with Gasteiger partial charge < -0.3 is 10.4 Å². The van der Waals surface area contributed by atoms with Crippen LogP contribution in [0, 0.1) is 0 Å². The first-order valence-corrected chi connectivity index (χ1v) is 6.30. The van der Waals surface area contributed by atoms with Crippen LogP contribution in [0.1, 0.15) is 25.0 Å². The lowest BCUT2D eigenvalue weighted by atomic mass is 9.96. The predicted molar refractivity (Wildman–Crippen MR) is 69.8 cm³/mol. The van der Waals surface area contributed by atoms with Crippen LogP contribution in [0.2, 0.25) is 0 Å². The lowest BCUT2D eigenvalue weighted by Crippen LogP contribution is -2.42. The van der Waals surface area contributed by atoms with Crippen molar-refractivity contribution >= 4 is 0 Å². The fourth-order valence-corrected chi connectivity index (χ4v) is 2.18. The van der Waals surface area contributed by atoms with Crippen molar-refractivity contribution in [2.45, 2.75) is 26.0 Å². The largest absolute Gasteiger partial charge is 0.386 e. The average Bonchev–Trinajstić information content (AvgIpc) is 2.29. The van der Waals surface area contributed by atoms with Crippen LogP contribution in [0.5, 0.6) is 0 Å². The van der Waals surface area contributed by atoms with Crippen molar-refractivity contribution in [2.24, 2.45) is 0 Å². The zero-order valence-corrected chi connectivity index (χ0v) is 10.7. The minimum Gasteiger partial charge on any atom is -0.386 e. The quantitative estimate of drug-likeness (QED) is 0.828. The molecule has 94 valence electrons. The number of nitrogens with one attached hydrogen (secondary N) is 1. The highest BCUT2D eigenvalue weighted by Gasteiger charge is 2.16. The summed E-state index contributed by atoms with van der Waals surface area (Å²) < 4.78 is 0. The molecular weight excluding hydrogens is 212 g/mol. The highest BCUT2D eigenvalue weighted by atomic mass is 16.3. The van der Waals surface area contributed by atoms with Gasteiger partial charge in [-0.05, 0) is 25.0 Å². The van der Waals surface area contributed by atoms with E-state index in [1.165, 1.54) is 5.56 Å². The minimum absolute atomic E-state index is 0.751. The van der Waals surface area contributed by atoms with Gasteiger partial charge in [0.05, 0.1) is 5.60 Å². The number of nitrogens with zero attached hydrogens (tertiary/aromatic N) is 1. The second-order valence-electron chi connectivity index (χ2n) is 5.29. The van der Waals surface area contributed by atoms with E-state index in [1.807, 2.05) is 26.0 Å². The Bertz CT molecular complexity index is 365. The summed E-state index contributed by atoms with van der Waals surface area (Å²) in [7, 11) is 0. The summed E-state index contributed by atoms with van der Waals surface area (Å²) >= 11 is 0. The zero-order chi connectivity index (χ0) is 12.3. The van der Waals surface area contributed by atoms with Crippen LogP contribution in [0.4, 0.5) is 0 Å². The van der Waals surface area contributed by atoms with E-state index in [0.717, 1.165) is 38.3 Å². The molecule has 0 saturated carbocycles. The van der Waals surface area contributed by atoms with Gasteiger partial charge in [0.25, 0.3) is 0 Å². The maximum atomic E-state index is 10.00. The summed E-state index contributed by atoms with van der Waals surface area (Å²) in [5.74, 6) is 0. The van der Waals surface area contributed by atoms with E-state index in [-0.39, 0.29) is 0 Å². The Balaban J connectivity index is 2.05. The maximum Gasteiger partial charge on any atom is 0.0840 e. The molecule has 1 heterocycles. The number of hydrogen-bond acceptors (Lipinski definition) is 3. The Morgan fingerprint density at radius 1 is 1.29 bits per heavy atom. The topological polar surface area (TPSA) is 35.5 Å². The molecule has 17 heavy (non-hydrogen) atoms. The molecule has 2 N–H and O–H groups in total. The van der Waals surface area contributed by atoms with E-state index in [1.54, 1.807) is 0 Å². The van der Waals surface area contributed by atoms with E-state index < -0.39 is 5.60 Å².